The van der Waals surface area contributed by atoms with Crippen molar-refractivity contribution < 1.29 is 27.4 Å². The highest BCUT2D eigenvalue weighted by Crippen LogP contribution is 2.30. The van der Waals surface area contributed by atoms with Crippen LogP contribution in [0.4, 0.5) is 23.7 Å². The second kappa shape index (κ2) is 6.13. The van der Waals surface area contributed by atoms with Gasteiger partial charge in [0.25, 0.3) is 0 Å². The molecule has 1 aliphatic heterocycles. The molecular formula is C13H14F3NO3. The van der Waals surface area contributed by atoms with Crippen molar-refractivity contribution in [2.75, 3.05) is 18.5 Å². The Morgan fingerprint density at radius 1 is 1.45 bits per heavy atom. The maximum atomic E-state index is 12.5. The van der Waals surface area contributed by atoms with Crippen molar-refractivity contribution in [2.45, 2.75) is 25.1 Å². The number of halogens is 3. The van der Waals surface area contributed by atoms with Crippen molar-refractivity contribution in [1.82, 2.24) is 0 Å². The number of hydrogen-bond acceptors (Lipinski definition) is 3. The Morgan fingerprint density at radius 2 is 2.25 bits per heavy atom. The lowest BCUT2D eigenvalue weighted by atomic mass is 10.2. The van der Waals surface area contributed by atoms with Crippen LogP contribution in [0.3, 0.4) is 0 Å². The van der Waals surface area contributed by atoms with Crippen LogP contribution in [-0.2, 0) is 15.7 Å². The first-order chi connectivity index (χ1) is 9.45. The van der Waals surface area contributed by atoms with Gasteiger partial charge in [0.2, 0.25) is 0 Å². The molecule has 1 aromatic rings. The van der Waals surface area contributed by atoms with E-state index in [1.807, 2.05) is 0 Å². The van der Waals surface area contributed by atoms with Crippen LogP contribution in [0.25, 0.3) is 0 Å². The molecule has 2 rings (SSSR count). The van der Waals surface area contributed by atoms with E-state index in [1.54, 1.807) is 0 Å². The van der Waals surface area contributed by atoms with Gasteiger partial charge in [0.1, 0.15) is 6.61 Å². The third-order valence-corrected chi connectivity index (χ3v) is 2.86. The highest BCUT2D eigenvalue weighted by Gasteiger charge is 2.30. The molecule has 0 bridgehead atoms. The van der Waals surface area contributed by atoms with Crippen molar-refractivity contribution in [3.8, 4) is 0 Å². The van der Waals surface area contributed by atoms with Gasteiger partial charge < -0.3 is 9.47 Å². The van der Waals surface area contributed by atoms with E-state index < -0.39 is 17.8 Å². The number of rotatable bonds is 3. The Labute approximate surface area is 113 Å². The second-order valence-corrected chi connectivity index (χ2v) is 4.44. The van der Waals surface area contributed by atoms with Gasteiger partial charge in [-0.05, 0) is 31.0 Å². The van der Waals surface area contributed by atoms with Crippen LogP contribution in [0.2, 0.25) is 0 Å². The smallest absolute Gasteiger partial charge is 0.416 e. The quantitative estimate of drug-likeness (QED) is 0.927. The fraction of sp³-hybridized carbons (Fsp3) is 0.462. The normalized spacial score (nSPS) is 18.9. The maximum Gasteiger partial charge on any atom is 0.416 e. The van der Waals surface area contributed by atoms with Crippen LogP contribution >= 0.6 is 0 Å². The molecule has 4 nitrogen and oxygen atoms in total. The van der Waals surface area contributed by atoms with Crippen LogP contribution in [0.1, 0.15) is 18.4 Å². The summed E-state index contributed by atoms with van der Waals surface area (Å²) < 4.78 is 47.7. The average Bonchev–Trinajstić information content (AvgIpc) is 2.89. The van der Waals surface area contributed by atoms with Gasteiger partial charge >= 0.3 is 12.3 Å². The Balaban J connectivity index is 1.87. The van der Waals surface area contributed by atoms with E-state index in [4.69, 9.17) is 9.47 Å². The molecule has 1 fully saturated rings. The van der Waals surface area contributed by atoms with Gasteiger partial charge in [0.15, 0.2) is 0 Å². The van der Waals surface area contributed by atoms with E-state index in [1.165, 1.54) is 12.1 Å². The van der Waals surface area contributed by atoms with Gasteiger partial charge in [-0.25, -0.2) is 4.79 Å². The first-order valence-electron chi connectivity index (χ1n) is 6.18. The van der Waals surface area contributed by atoms with Crippen LogP contribution in [0.5, 0.6) is 0 Å². The number of carbonyl (C=O) groups is 1. The Hall–Kier alpha value is -1.76. The second-order valence-electron chi connectivity index (χ2n) is 4.44. The van der Waals surface area contributed by atoms with Crippen molar-refractivity contribution >= 4 is 11.8 Å². The molecule has 0 radical (unpaired) electrons. The number of ether oxygens (including phenoxy) is 2. The highest BCUT2D eigenvalue weighted by molar-refractivity contribution is 5.84. The standard InChI is InChI=1S/C13H14F3NO3/c14-13(15,16)9-3-1-4-10(7-9)17-12(18)20-8-11-5-2-6-19-11/h1,3-4,7,11H,2,5-6,8H2,(H,17,18)/t11-/m0/s1. The lowest BCUT2D eigenvalue weighted by Gasteiger charge is -2.12. The number of anilines is 1. The molecule has 20 heavy (non-hydrogen) atoms. The van der Waals surface area contributed by atoms with Gasteiger partial charge in [0, 0.05) is 12.3 Å². The molecule has 1 aromatic carbocycles. The molecular weight excluding hydrogens is 275 g/mol. The van der Waals surface area contributed by atoms with Crippen LogP contribution in [-0.4, -0.2) is 25.4 Å². The molecule has 1 saturated heterocycles. The minimum absolute atomic E-state index is 0.0390. The zero-order valence-electron chi connectivity index (χ0n) is 10.6. The summed E-state index contributed by atoms with van der Waals surface area (Å²) in [5.41, 5.74) is -0.786. The van der Waals surface area contributed by atoms with Gasteiger partial charge in [-0.2, -0.15) is 13.2 Å². The minimum atomic E-state index is -4.45. The molecule has 7 heteroatoms. The summed E-state index contributed by atoms with van der Waals surface area (Å²) in [5.74, 6) is 0. The number of hydrogen-bond donors (Lipinski definition) is 1. The van der Waals surface area contributed by atoms with Crippen molar-refractivity contribution in [2.24, 2.45) is 0 Å². The van der Waals surface area contributed by atoms with E-state index in [2.05, 4.69) is 5.32 Å². The van der Waals surface area contributed by atoms with Crippen LogP contribution in [0, 0.1) is 0 Å². The monoisotopic (exact) mass is 289 g/mol. The van der Waals surface area contributed by atoms with Gasteiger partial charge in [0.05, 0.1) is 11.7 Å². The summed E-state index contributed by atoms with van der Waals surface area (Å²) in [6.45, 7) is 0.744. The largest absolute Gasteiger partial charge is 0.447 e. The molecule has 0 spiro atoms. The molecule has 1 atom stereocenters. The van der Waals surface area contributed by atoms with E-state index >= 15 is 0 Å². The Kier molecular flexibility index (Phi) is 4.49. The Bertz CT molecular complexity index is 470. The van der Waals surface area contributed by atoms with Gasteiger partial charge in [-0.3, -0.25) is 5.32 Å². The van der Waals surface area contributed by atoms with E-state index in [-0.39, 0.29) is 18.4 Å². The van der Waals surface area contributed by atoms with E-state index in [9.17, 15) is 18.0 Å². The fourth-order valence-electron chi connectivity index (χ4n) is 1.87. The predicted molar refractivity (Wildman–Crippen MR) is 65.4 cm³/mol. The lowest BCUT2D eigenvalue weighted by Crippen LogP contribution is -2.21. The third-order valence-electron chi connectivity index (χ3n) is 2.86. The summed E-state index contributed by atoms with van der Waals surface area (Å²) in [7, 11) is 0. The van der Waals surface area contributed by atoms with Crippen LogP contribution in [0.15, 0.2) is 24.3 Å². The predicted octanol–water partition coefficient (Wildman–Crippen LogP) is 3.43. The van der Waals surface area contributed by atoms with Crippen molar-refractivity contribution in [1.29, 1.82) is 0 Å². The maximum absolute atomic E-state index is 12.5. The molecule has 0 unspecified atom stereocenters. The number of amides is 1. The van der Waals surface area contributed by atoms with Crippen molar-refractivity contribution in [3.05, 3.63) is 29.8 Å². The molecule has 1 aliphatic rings. The zero-order valence-corrected chi connectivity index (χ0v) is 10.6. The number of benzene rings is 1. The first kappa shape index (κ1) is 14.6. The van der Waals surface area contributed by atoms with Gasteiger partial charge in [-0.15, -0.1) is 0 Å². The molecule has 1 amide bonds. The molecule has 110 valence electrons. The van der Waals surface area contributed by atoms with Crippen LogP contribution < -0.4 is 5.32 Å². The summed E-state index contributed by atoms with van der Waals surface area (Å²) in [5, 5.41) is 2.26. The zero-order chi connectivity index (χ0) is 14.6. The number of nitrogens with one attached hydrogen (secondary N) is 1. The minimum Gasteiger partial charge on any atom is -0.447 e. The SMILES string of the molecule is O=C(Nc1cccc(C(F)(F)F)c1)OC[C@@H]1CCCO1. The molecule has 1 heterocycles. The van der Waals surface area contributed by atoms with Gasteiger partial charge in [-0.1, -0.05) is 6.07 Å². The topological polar surface area (TPSA) is 47.6 Å². The molecule has 0 aliphatic carbocycles. The summed E-state index contributed by atoms with van der Waals surface area (Å²) in [4.78, 5) is 11.5. The number of carbonyl (C=O) groups excluding carboxylic acids is 1. The average molecular weight is 289 g/mol. The summed E-state index contributed by atoms with van der Waals surface area (Å²) >= 11 is 0. The van der Waals surface area contributed by atoms with E-state index in [0.717, 1.165) is 25.0 Å². The fourth-order valence-corrected chi connectivity index (χ4v) is 1.87. The Morgan fingerprint density at radius 3 is 2.90 bits per heavy atom. The van der Waals surface area contributed by atoms with E-state index in [0.29, 0.717) is 6.61 Å². The molecule has 1 N–H and O–H groups in total. The third kappa shape index (κ3) is 4.12. The first-order valence-corrected chi connectivity index (χ1v) is 6.18. The molecule has 0 aromatic heterocycles. The number of alkyl halides is 3. The highest BCUT2D eigenvalue weighted by atomic mass is 19.4. The lowest BCUT2D eigenvalue weighted by molar-refractivity contribution is -0.137. The summed E-state index contributed by atoms with van der Waals surface area (Å²) in [6, 6.07) is 4.37. The van der Waals surface area contributed by atoms with Crippen molar-refractivity contribution in [3.63, 3.8) is 0 Å². The summed E-state index contributed by atoms with van der Waals surface area (Å²) in [6.07, 6.45) is -3.62. The molecule has 0 saturated carbocycles.